The number of nitrogens with one attached hydrogen (secondary N) is 3. The zero-order valence-corrected chi connectivity index (χ0v) is 36.8. The van der Waals surface area contributed by atoms with Crippen LogP contribution in [0.2, 0.25) is 0 Å². The second-order valence-electron chi connectivity index (χ2n) is 17.3. The smallest absolute Gasteiger partial charge is 0.323 e. The summed E-state index contributed by atoms with van der Waals surface area (Å²) in [6.07, 6.45) is 14.0. The number of piperidine rings is 1. The topological polar surface area (TPSA) is 215 Å². The third-order valence-electron chi connectivity index (χ3n) is 12.8. The van der Waals surface area contributed by atoms with E-state index >= 15 is 0 Å². The Morgan fingerprint density at radius 1 is 0.908 bits per heavy atom. The van der Waals surface area contributed by atoms with Gasteiger partial charge in [-0.2, -0.15) is 10.1 Å². The molecule has 4 aromatic heterocycles. The second kappa shape index (κ2) is 20.2. The van der Waals surface area contributed by atoms with E-state index in [-0.39, 0.29) is 30.7 Å². The number of anilines is 3. The third kappa shape index (κ3) is 10.3. The molecule has 0 spiro atoms. The molecule has 1 atom stereocenters. The predicted molar refractivity (Wildman–Crippen MR) is 239 cm³/mol. The largest absolute Gasteiger partial charge is 0.381 e. The minimum atomic E-state index is -0.600. The number of imide groups is 1. The Morgan fingerprint density at radius 2 is 1.74 bits per heavy atom. The van der Waals surface area contributed by atoms with E-state index in [0.29, 0.717) is 66.4 Å². The van der Waals surface area contributed by atoms with Gasteiger partial charge in [0, 0.05) is 82.2 Å². The minimum Gasteiger partial charge on any atom is -0.381 e. The Hall–Kier alpha value is -6.31. The molecule has 1 saturated carbocycles. The fourth-order valence-corrected chi connectivity index (χ4v) is 9.38. The lowest BCUT2D eigenvalue weighted by molar-refractivity contribution is -0.136. The number of pyridine rings is 1. The van der Waals surface area contributed by atoms with Crippen LogP contribution >= 0.6 is 0 Å². The summed E-state index contributed by atoms with van der Waals surface area (Å²) in [7, 11) is 0. The van der Waals surface area contributed by atoms with Crippen LogP contribution in [0.15, 0.2) is 53.4 Å². The van der Waals surface area contributed by atoms with Gasteiger partial charge >= 0.3 is 6.03 Å². The number of hydrogen-bond donors (Lipinski definition) is 3. The predicted octanol–water partition coefficient (Wildman–Crippen LogP) is 5.46. The number of amides is 5. The molecule has 5 aromatic rings. The van der Waals surface area contributed by atoms with Gasteiger partial charge in [0.2, 0.25) is 17.6 Å². The first kappa shape index (κ1) is 43.9. The van der Waals surface area contributed by atoms with Crippen molar-refractivity contribution in [3.8, 4) is 11.5 Å². The summed E-state index contributed by atoms with van der Waals surface area (Å²) in [5.74, 6) is 0.203. The highest BCUT2D eigenvalue weighted by molar-refractivity contribution is 6.05. The van der Waals surface area contributed by atoms with Gasteiger partial charge in [-0.1, -0.05) is 18.0 Å². The van der Waals surface area contributed by atoms with Crippen LogP contribution in [0, 0.1) is 6.92 Å². The average molecular weight is 889 g/mol. The number of carbonyl (C=O) groups excluding carboxylic acids is 4. The molecule has 1 aromatic carbocycles. The Kier molecular flexibility index (Phi) is 13.7. The molecule has 65 heavy (non-hydrogen) atoms. The fraction of sp³-hybridized carbons (Fsp3) is 0.500. The summed E-state index contributed by atoms with van der Waals surface area (Å²) in [6, 6.07) is 8.66. The number of unbranched alkanes of at least 4 members (excludes halogenated alkanes) is 2. The molecule has 19 nitrogen and oxygen atoms in total. The van der Waals surface area contributed by atoms with Crippen molar-refractivity contribution >= 4 is 46.5 Å². The fourth-order valence-electron chi connectivity index (χ4n) is 9.38. The summed E-state index contributed by atoms with van der Waals surface area (Å²) in [4.78, 5) is 70.1. The minimum absolute atomic E-state index is 0.141. The van der Waals surface area contributed by atoms with E-state index in [1.807, 2.05) is 35.7 Å². The van der Waals surface area contributed by atoms with Crippen LogP contribution in [0.25, 0.3) is 17.2 Å². The first-order valence-corrected chi connectivity index (χ1v) is 22.9. The van der Waals surface area contributed by atoms with Crippen LogP contribution in [0.5, 0.6) is 0 Å². The van der Waals surface area contributed by atoms with Crippen molar-refractivity contribution in [3.05, 3.63) is 77.2 Å². The number of ether oxygens (including phenoxy) is 2. The zero-order chi connectivity index (χ0) is 44.7. The molecule has 5 amide bonds. The van der Waals surface area contributed by atoms with Gasteiger partial charge in [0.1, 0.15) is 18.3 Å². The van der Waals surface area contributed by atoms with Gasteiger partial charge < -0.3 is 34.4 Å². The van der Waals surface area contributed by atoms with Gasteiger partial charge in [-0.15, -0.1) is 0 Å². The number of piperazine rings is 1. The van der Waals surface area contributed by atoms with Gasteiger partial charge in [0.15, 0.2) is 5.65 Å². The average Bonchev–Trinajstić information content (AvgIpc) is 4.15. The van der Waals surface area contributed by atoms with Crippen molar-refractivity contribution < 1.29 is 33.2 Å². The summed E-state index contributed by atoms with van der Waals surface area (Å²) < 4.78 is 18.9. The van der Waals surface area contributed by atoms with Gasteiger partial charge in [-0.25, -0.2) is 14.3 Å². The van der Waals surface area contributed by atoms with Crippen LogP contribution in [0.4, 0.5) is 21.9 Å². The van der Waals surface area contributed by atoms with Gasteiger partial charge in [0.05, 0.1) is 35.7 Å². The molecule has 3 fully saturated rings. The summed E-state index contributed by atoms with van der Waals surface area (Å²) in [5.41, 5.74) is 6.91. The van der Waals surface area contributed by atoms with Crippen molar-refractivity contribution in [2.75, 3.05) is 68.1 Å². The number of carbonyl (C=O) groups is 4. The molecule has 9 rings (SSSR count). The lowest BCUT2D eigenvalue weighted by atomic mass is 10.0. The number of fused-ring (bicyclic) bond motifs is 2. The van der Waals surface area contributed by atoms with Crippen LogP contribution in [0.1, 0.15) is 103 Å². The number of nitrogens with zero attached hydrogens (tertiary/aromatic N) is 9. The maximum Gasteiger partial charge on any atom is 0.323 e. The normalized spacial score (nSPS) is 18.2. The first-order valence-electron chi connectivity index (χ1n) is 22.9. The molecule has 1 aliphatic carbocycles. The van der Waals surface area contributed by atoms with Gasteiger partial charge in [-0.05, 0) is 93.8 Å². The molecule has 7 heterocycles. The molecule has 3 aliphatic heterocycles. The van der Waals surface area contributed by atoms with E-state index < -0.39 is 12.1 Å². The molecule has 0 bridgehead atoms. The van der Waals surface area contributed by atoms with Gasteiger partial charge in [0.25, 0.3) is 11.8 Å². The van der Waals surface area contributed by atoms with Crippen LogP contribution in [-0.2, 0) is 32.2 Å². The molecule has 3 N–H and O–H groups in total. The van der Waals surface area contributed by atoms with Crippen molar-refractivity contribution in [3.63, 3.8) is 0 Å². The molecule has 0 radical (unpaired) electrons. The Labute approximate surface area is 376 Å². The number of benzene rings is 1. The number of rotatable bonds is 18. The first-order chi connectivity index (χ1) is 31.8. The van der Waals surface area contributed by atoms with Crippen LogP contribution < -0.4 is 20.9 Å². The quantitative estimate of drug-likeness (QED) is 0.0736. The zero-order valence-electron chi connectivity index (χ0n) is 36.8. The molecule has 342 valence electrons. The van der Waals surface area contributed by atoms with E-state index in [2.05, 4.69) is 57.0 Å². The van der Waals surface area contributed by atoms with E-state index in [1.165, 1.54) is 0 Å². The van der Waals surface area contributed by atoms with Gasteiger partial charge in [-0.3, -0.25) is 29.6 Å². The molecule has 4 aliphatic rings. The Bertz CT molecular complexity index is 2510. The number of aromatic nitrogens is 6. The maximum atomic E-state index is 13.1. The molecular formula is C46H56N12O7. The standard InChI is InChI=1S/C46H56N12O7/c1-30-24-33(50-46(62)51-36-27-47-38-14-15-49-58(38)42(36)31-8-3-4-9-31)26-48-41(30)43-53-40(65-54-43)29-64-23-7-22-63-21-6-2-5-16-55-17-19-56(20-18-55)34-10-11-35-32(25-34)28-57(45(35)61)37-12-13-39(59)52-44(37)60/h10-11,14-15,24-27,31,37H,2-9,12-13,16-23,28-29H2,1H3,(H2,50,51,62)(H,52,59,60). The lowest BCUT2D eigenvalue weighted by Crippen LogP contribution is -2.52. The van der Waals surface area contributed by atoms with Crippen LogP contribution in [0.3, 0.4) is 0 Å². The van der Waals surface area contributed by atoms with Crippen molar-refractivity contribution in [1.82, 2.24) is 44.8 Å². The SMILES string of the molecule is Cc1cc(NC(=O)Nc2cnc3ccnn3c2C2CCCC2)cnc1-c1noc(COCCCOCCCCCN2CCN(c3ccc4c(c3)CN(C3CCC(=O)NC3=O)C4=O)CC2)n1. The van der Waals surface area contributed by atoms with E-state index in [9.17, 15) is 19.2 Å². The maximum absolute atomic E-state index is 13.1. The number of hydrogen-bond acceptors (Lipinski definition) is 14. The monoisotopic (exact) mass is 888 g/mol. The number of aryl methyl sites for hydroxylation is 1. The highest BCUT2D eigenvalue weighted by Gasteiger charge is 2.39. The summed E-state index contributed by atoms with van der Waals surface area (Å²) in [6.45, 7) is 9.13. The molecule has 19 heteroatoms. The Morgan fingerprint density at radius 3 is 2.57 bits per heavy atom. The molecule has 2 saturated heterocycles. The highest BCUT2D eigenvalue weighted by atomic mass is 16.5. The molecule has 1 unspecified atom stereocenters. The Balaban J connectivity index is 0.619. The van der Waals surface area contributed by atoms with Crippen LogP contribution in [-0.4, -0.2) is 122 Å². The van der Waals surface area contributed by atoms with Crippen molar-refractivity contribution in [2.24, 2.45) is 0 Å². The molecular weight excluding hydrogens is 833 g/mol. The third-order valence-corrected chi connectivity index (χ3v) is 12.8. The highest BCUT2D eigenvalue weighted by Crippen LogP contribution is 2.38. The van der Waals surface area contributed by atoms with E-state index in [1.54, 1.807) is 23.5 Å². The summed E-state index contributed by atoms with van der Waals surface area (Å²) >= 11 is 0. The van der Waals surface area contributed by atoms with E-state index in [0.717, 1.165) is 119 Å². The van der Waals surface area contributed by atoms with Crippen molar-refractivity contribution in [2.45, 2.75) is 96.2 Å². The van der Waals surface area contributed by atoms with E-state index in [4.69, 9.17) is 14.0 Å². The lowest BCUT2D eigenvalue weighted by Gasteiger charge is -2.36. The second-order valence-corrected chi connectivity index (χ2v) is 17.3. The van der Waals surface area contributed by atoms with Crippen molar-refractivity contribution in [1.29, 1.82) is 0 Å². The number of urea groups is 1. The summed E-state index contributed by atoms with van der Waals surface area (Å²) in [5, 5.41) is 16.8.